The lowest BCUT2D eigenvalue weighted by molar-refractivity contribution is -0.384. The lowest BCUT2D eigenvalue weighted by Gasteiger charge is -2.32. The van der Waals surface area contributed by atoms with E-state index in [0.717, 1.165) is 5.69 Å². The summed E-state index contributed by atoms with van der Waals surface area (Å²) < 4.78 is 0. The van der Waals surface area contributed by atoms with Gasteiger partial charge in [0.15, 0.2) is 5.78 Å². The number of non-ortho nitro benzene ring substituents is 1. The average Bonchev–Trinajstić information content (AvgIpc) is 2.50. The molecule has 1 aromatic rings. The molecule has 7 heteroatoms. The van der Waals surface area contributed by atoms with Gasteiger partial charge in [-0.05, 0) is 12.1 Å². The standard InChI is InChI=1S/C17H22N4O3/c1-18(2)9-13-11-20(12-14(17(13)22)10-19(3)4)15-5-7-16(8-6-15)21(23)24/h5-10H,11-12H2,1-4H3. The van der Waals surface area contributed by atoms with Gasteiger partial charge >= 0.3 is 0 Å². The monoisotopic (exact) mass is 330 g/mol. The molecule has 0 N–H and O–H groups in total. The Morgan fingerprint density at radius 1 is 1.00 bits per heavy atom. The Labute approximate surface area is 141 Å². The molecule has 0 unspecified atom stereocenters. The first kappa shape index (κ1) is 17.5. The molecule has 2 rings (SSSR count). The number of hydrogen-bond donors (Lipinski definition) is 0. The number of carbonyl (C=O) groups is 1. The second-order valence-corrected chi connectivity index (χ2v) is 6.19. The highest BCUT2D eigenvalue weighted by atomic mass is 16.6. The van der Waals surface area contributed by atoms with E-state index >= 15 is 0 Å². The number of benzene rings is 1. The number of nitro groups is 1. The fourth-order valence-electron chi connectivity index (χ4n) is 2.61. The van der Waals surface area contributed by atoms with E-state index in [9.17, 15) is 14.9 Å². The van der Waals surface area contributed by atoms with Crippen molar-refractivity contribution in [2.24, 2.45) is 0 Å². The maximum absolute atomic E-state index is 12.6. The number of rotatable bonds is 4. The quantitative estimate of drug-likeness (QED) is 0.477. The minimum atomic E-state index is -0.418. The number of ketones is 1. The molecule has 128 valence electrons. The van der Waals surface area contributed by atoms with Crippen LogP contribution in [-0.2, 0) is 4.79 Å². The zero-order valence-corrected chi connectivity index (χ0v) is 14.4. The van der Waals surface area contributed by atoms with Gasteiger partial charge in [0.25, 0.3) is 5.69 Å². The Hall–Kier alpha value is -2.83. The highest BCUT2D eigenvalue weighted by Crippen LogP contribution is 2.26. The number of carbonyl (C=O) groups excluding carboxylic acids is 1. The van der Waals surface area contributed by atoms with Gasteiger partial charge in [-0.15, -0.1) is 0 Å². The summed E-state index contributed by atoms with van der Waals surface area (Å²) in [5.74, 6) is 0.0376. The Morgan fingerprint density at radius 3 is 1.83 bits per heavy atom. The van der Waals surface area contributed by atoms with Crippen molar-refractivity contribution in [3.8, 4) is 0 Å². The van der Waals surface area contributed by atoms with Gasteiger partial charge in [0.1, 0.15) is 0 Å². The predicted molar refractivity (Wildman–Crippen MR) is 93.9 cm³/mol. The molecule has 0 aromatic heterocycles. The number of Topliss-reactive ketones (excluding diaryl/α,β-unsaturated/α-hetero) is 1. The summed E-state index contributed by atoms with van der Waals surface area (Å²) in [4.78, 5) is 28.7. The van der Waals surface area contributed by atoms with Gasteiger partial charge in [-0.1, -0.05) is 0 Å². The van der Waals surface area contributed by atoms with E-state index in [1.807, 2.05) is 55.3 Å². The van der Waals surface area contributed by atoms with Gasteiger partial charge in [-0.25, -0.2) is 0 Å². The molecule has 0 amide bonds. The molecule has 0 radical (unpaired) electrons. The Kier molecular flexibility index (Phi) is 5.23. The summed E-state index contributed by atoms with van der Waals surface area (Å²) in [6.45, 7) is 0.944. The van der Waals surface area contributed by atoms with Gasteiger partial charge in [0, 0.05) is 82.6 Å². The van der Waals surface area contributed by atoms with E-state index < -0.39 is 4.92 Å². The smallest absolute Gasteiger partial charge is 0.269 e. The minimum Gasteiger partial charge on any atom is -0.383 e. The van der Waals surface area contributed by atoms with Crippen molar-refractivity contribution in [2.75, 3.05) is 46.2 Å². The van der Waals surface area contributed by atoms with Crippen molar-refractivity contribution in [2.45, 2.75) is 0 Å². The van der Waals surface area contributed by atoms with E-state index in [-0.39, 0.29) is 11.5 Å². The van der Waals surface area contributed by atoms with Crippen molar-refractivity contribution in [1.29, 1.82) is 0 Å². The molecule has 1 aliphatic heterocycles. The topological polar surface area (TPSA) is 69.9 Å². The SMILES string of the molecule is CN(C)C=C1CN(c2ccc([N+](=O)[O-])cc2)CC(=CN(C)C)C1=O. The van der Waals surface area contributed by atoms with Gasteiger partial charge < -0.3 is 14.7 Å². The molecule has 0 saturated carbocycles. The van der Waals surface area contributed by atoms with Crippen LogP contribution in [0.2, 0.25) is 0 Å². The molecule has 1 fully saturated rings. The molecule has 24 heavy (non-hydrogen) atoms. The molecule has 0 spiro atoms. The van der Waals surface area contributed by atoms with Crippen LogP contribution in [-0.4, -0.2) is 61.8 Å². The molecule has 0 bridgehead atoms. The lowest BCUT2D eigenvalue weighted by Crippen LogP contribution is -2.39. The van der Waals surface area contributed by atoms with Crippen LogP contribution in [0, 0.1) is 10.1 Å². The second-order valence-electron chi connectivity index (χ2n) is 6.19. The molecule has 7 nitrogen and oxygen atoms in total. The molecule has 1 aliphatic rings. The van der Waals surface area contributed by atoms with Crippen LogP contribution < -0.4 is 4.90 Å². The van der Waals surface area contributed by atoms with Gasteiger partial charge in [-0.2, -0.15) is 0 Å². The first-order valence-corrected chi connectivity index (χ1v) is 7.56. The van der Waals surface area contributed by atoms with Gasteiger partial charge in [-0.3, -0.25) is 14.9 Å². The summed E-state index contributed by atoms with van der Waals surface area (Å²) in [5.41, 5.74) is 2.29. The van der Waals surface area contributed by atoms with Crippen molar-refractivity contribution >= 4 is 17.2 Å². The predicted octanol–water partition coefficient (Wildman–Crippen LogP) is 1.87. The van der Waals surface area contributed by atoms with Crippen molar-refractivity contribution < 1.29 is 9.72 Å². The third-order valence-corrected chi connectivity index (χ3v) is 3.56. The van der Waals surface area contributed by atoms with Crippen LogP contribution in [0.3, 0.4) is 0 Å². The number of hydrogen-bond acceptors (Lipinski definition) is 6. The number of nitrogens with zero attached hydrogens (tertiary/aromatic N) is 4. The number of piperidine rings is 1. The van der Waals surface area contributed by atoms with Crippen LogP contribution >= 0.6 is 0 Å². The van der Waals surface area contributed by atoms with Crippen molar-refractivity contribution in [3.05, 3.63) is 57.9 Å². The van der Waals surface area contributed by atoms with Crippen molar-refractivity contribution in [1.82, 2.24) is 9.80 Å². The highest BCUT2D eigenvalue weighted by molar-refractivity contribution is 6.10. The molecular formula is C17H22N4O3. The first-order valence-electron chi connectivity index (χ1n) is 7.56. The van der Waals surface area contributed by atoms with Crippen LogP contribution in [0.5, 0.6) is 0 Å². The van der Waals surface area contributed by atoms with Gasteiger partial charge in [0.2, 0.25) is 0 Å². The van der Waals surface area contributed by atoms with Crippen LogP contribution in [0.1, 0.15) is 0 Å². The summed E-state index contributed by atoms with van der Waals surface area (Å²) in [5, 5.41) is 10.8. The molecule has 1 heterocycles. The highest BCUT2D eigenvalue weighted by Gasteiger charge is 2.27. The van der Waals surface area contributed by atoms with E-state index in [1.54, 1.807) is 12.1 Å². The van der Waals surface area contributed by atoms with Crippen molar-refractivity contribution in [3.63, 3.8) is 0 Å². The maximum atomic E-state index is 12.6. The molecular weight excluding hydrogens is 308 g/mol. The van der Waals surface area contributed by atoms with E-state index in [4.69, 9.17) is 0 Å². The zero-order valence-electron chi connectivity index (χ0n) is 14.4. The summed E-state index contributed by atoms with van der Waals surface area (Å²) in [6.07, 6.45) is 3.65. The fourth-order valence-corrected chi connectivity index (χ4v) is 2.61. The average molecular weight is 330 g/mol. The Balaban J connectivity index is 2.35. The minimum absolute atomic E-state index is 0.0376. The Bertz CT molecular complexity index is 660. The fraction of sp³-hybridized carbons (Fsp3) is 0.353. The number of nitro benzene ring substituents is 1. The Morgan fingerprint density at radius 2 is 1.46 bits per heavy atom. The number of anilines is 1. The summed E-state index contributed by atoms with van der Waals surface area (Å²) in [7, 11) is 7.50. The third kappa shape index (κ3) is 4.13. The third-order valence-electron chi connectivity index (χ3n) is 3.56. The van der Waals surface area contributed by atoms with Crippen LogP contribution in [0.4, 0.5) is 11.4 Å². The van der Waals surface area contributed by atoms with Crippen LogP contribution in [0.25, 0.3) is 0 Å². The van der Waals surface area contributed by atoms with E-state index in [1.165, 1.54) is 12.1 Å². The van der Waals surface area contributed by atoms with E-state index in [0.29, 0.717) is 24.2 Å². The lowest BCUT2D eigenvalue weighted by atomic mass is 9.98. The molecule has 0 atom stereocenters. The first-order chi connectivity index (χ1) is 11.3. The molecule has 1 aromatic carbocycles. The summed E-state index contributed by atoms with van der Waals surface area (Å²) in [6, 6.07) is 6.40. The van der Waals surface area contributed by atoms with Gasteiger partial charge in [0.05, 0.1) is 4.92 Å². The summed E-state index contributed by atoms with van der Waals surface area (Å²) >= 11 is 0. The second kappa shape index (κ2) is 7.16. The zero-order chi connectivity index (χ0) is 17.9. The largest absolute Gasteiger partial charge is 0.383 e. The molecule has 1 saturated heterocycles. The maximum Gasteiger partial charge on any atom is 0.269 e. The van der Waals surface area contributed by atoms with Crippen LogP contribution in [0.15, 0.2) is 47.8 Å². The normalized spacial score (nSPS) is 18.2. The molecule has 0 aliphatic carbocycles. The van der Waals surface area contributed by atoms with E-state index in [2.05, 4.69) is 0 Å².